The second kappa shape index (κ2) is 15.6. The number of carbonyl (C=O) groups excluding carboxylic acids is 2. The smallest absolute Gasteiger partial charge is 0.338 e. The minimum Gasteiger partial charge on any atom is -0.508 e. The van der Waals surface area contributed by atoms with E-state index >= 15 is 0 Å². The number of ether oxygens (including phenoxy) is 4. The van der Waals surface area contributed by atoms with E-state index in [-0.39, 0.29) is 33.8 Å². The number of phenolic OH excluding ortho intramolecular Hbond substituents is 15. The van der Waals surface area contributed by atoms with Gasteiger partial charge in [-0.15, -0.1) is 0 Å². The van der Waals surface area contributed by atoms with Gasteiger partial charge in [0.05, 0.1) is 17.0 Å². The lowest BCUT2D eigenvalue weighted by Gasteiger charge is -2.41. The number of hydrogen-bond acceptors (Lipinski definition) is 21. The highest BCUT2D eigenvalue weighted by molar-refractivity contribution is 5.92. The molecule has 21 heteroatoms. The highest BCUT2D eigenvalue weighted by Crippen LogP contribution is 2.58. The molecule has 2 aliphatic rings. The van der Waals surface area contributed by atoms with Crippen LogP contribution >= 0.6 is 0 Å². The zero-order chi connectivity index (χ0) is 46.9. The van der Waals surface area contributed by atoms with E-state index in [2.05, 4.69) is 0 Å². The normalized spacial score (nSPS) is 18.6. The molecule has 0 saturated heterocycles. The van der Waals surface area contributed by atoms with Crippen LogP contribution in [0.5, 0.6) is 97.7 Å². The van der Waals surface area contributed by atoms with Crippen LogP contribution in [0.3, 0.4) is 0 Å². The van der Waals surface area contributed by atoms with E-state index in [1.165, 1.54) is 6.07 Å². The summed E-state index contributed by atoms with van der Waals surface area (Å²) in [6, 6.07) is 11.0. The molecule has 21 nitrogen and oxygen atoms in total. The molecule has 6 aromatic rings. The first-order valence-electron chi connectivity index (χ1n) is 18.9. The summed E-state index contributed by atoms with van der Waals surface area (Å²) in [6.45, 7) is 0. The third-order valence-corrected chi connectivity index (χ3v) is 10.8. The molecular weight excluding hydrogens is 864 g/mol. The zero-order valence-electron chi connectivity index (χ0n) is 32.7. The molecule has 6 aromatic carbocycles. The Morgan fingerprint density at radius 1 is 0.446 bits per heavy atom. The molecule has 0 bridgehead atoms. The summed E-state index contributed by atoms with van der Waals surface area (Å²) in [5, 5.41) is 158. The van der Waals surface area contributed by atoms with Gasteiger partial charge in [0.15, 0.2) is 81.6 Å². The van der Waals surface area contributed by atoms with Gasteiger partial charge in [-0.3, -0.25) is 0 Å². The summed E-state index contributed by atoms with van der Waals surface area (Å²) in [4.78, 5) is 27.5. The number of hydrogen-bond donors (Lipinski definition) is 15. The minimum absolute atomic E-state index is 0.0465. The van der Waals surface area contributed by atoms with Gasteiger partial charge in [0.2, 0.25) is 0 Å². The van der Waals surface area contributed by atoms with Crippen molar-refractivity contribution in [2.45, 2.75) is 36.8 Å². The van der Waals surface area contributed by atoms with Crippen molar-refractivity contribution in [3.8, 4) is 97.7 Å². The van der Waals surface area contributed by atoms with Crippen LogP contribution in [-0.2, 0) is 15.9 Å². The van der Waals surface area contributed by atoms with Crippen LogP contribution in [0.25, 0.3) is 0 Å². The molecule has 2 aliphatic heterocycles. The molecule has 0 spiro atoms. The molecule has 5 unspecified atom stereocenters. The van der Waals surface area contributed by atoms with Gasteiger partial charge in [-0.2, -0.15) is 0 Å². The molecule has 2 heterocycles. The Morgan fingerprint density at radius 3 is 1.49 bits per heavy atom. The summed E-state index contributed by atoms with van der Waals surface area (Å²) in [5.41, 5.74) is -2.37. The topological polar surface area (TPSA) is 375 Å². The summed E-state index contributed by atoms with van der Waals surface area (Å²) in [7, 11) is 0. The van der Waals surface area contributed by atoms with Crippen LogP contribution in [0.1, 0.15) is 66.7 Å². The highest BCUT2D eigenvalue weighted by atomic mass is 16.6. The molecular formula is C44H34O21. The van der Waals surface area contributed by atoms with E-state index in [0.29, 0.717) is 0 Å². The van der Waals surface area contributed by atoms with Crippen molar-refractivity contribution in [2.24, 2.45) is 0 Å². The van der Waals surface area contributed by atoms with Crippen molar-refractivity contribution in [1.29, 1.82) is 0 Å². The quantitative estimate of drug-likeness (QED) is 0.0764. The van der Waals surface area contributed by atoms with Gasteiger partial charge in [0.25, 0.3) is 0 Å². The van der Waals surface area contributed by atoms with E-state index in [0.717, 1.165) is 66.7 Å². The van der Waals surface area contributed by atoms with E-state index in [1.54, 1.807) is 0 Å². The Bertz CT molecular complexity index is 2890. The van der Waals surface area contributed by atoms with Gasteiger partial charge < -0.3 is 95.5 Å². The van der Waals surface area contributed by atoms with Gasteiger partial charge in [-0.1, -0.05) is 6.07 Å². The second-order valence-corrected chi connectivity index (χ2v) is 15.0. The van der Waals surface area contributed by atoms with Gasteiger partial charge in [0, 0.05) is 52.4 Å². The number of aromatic hydroxyl groups is 15. The van der Waals surface area contributed by atoms with Gasteiger partial charge in [0.1, 0.15) is 40.6 Å². The number of phenols is 15. The molecule has 0 saturated carbocycles. The summed E-state index contributed by atoms with van der Waals surface area (Å²) >= 11 is 0. The summed E-state index contributed by atoms with van der Waals surface area (Å²) in [5.74, 6) is -17.5. The first kappa shape index (κ1) is 42.5. The summed E-state index contributed by atoms with van der Waals surface area (Å²) < 4.78 is 24.0. The van der Waals surface area contributed by atoms with Crippen molar-refractivity contribution in [3.63, 3.8) is 0 Å². The number of esters is 2. The number of carbonyl (C=O) groups is 2. The largest absolute Gasteiger partial charge is 0.508 e. The molecule has 0 radical (unpaired) electrons. The fourth-order valence-electron chi connectivity index (χ4n) is 7.80. The monoisotopic (exact) mass is 898 g/mol. The lowest BCUT2D eigenvalue weighted by molar-refractivity contribution is -0.0277. The lowest BCUT2D eigenvalue weighted by Crippen LogP contribution is -2.39. The summed E-state index contributed by atoms with van der Waals surface area (Å²) in [6.07, 6.45) is -7.25. The van der Waals surface area contributed by atoms with Crippen LogP contribution in [0, 0.1) is 0 Å². The van der Waals surface area contributed by atoms with Crippen LogP contribution in [0.2, 0.25) is 0 Å². The molecule has 0 aromatic heterocycles. The van der Waals surface area contributed by atoms with Gasteiger partial charge in [-0.05, 0) is 48.5 Å². The Labute approximate surface area is 362 Å². The van der Waals surface area contributed by atoms with Crippen molar-refractivity contribution >= 4 is 11.9 Å². The lowest BCUT2D eigenvalue weighted by atomic mass is 9.77. The maximum atomic E-state index is 14.0. The van der Waals surface area contributed by atoms with Crippen molar-refractivity contribution in [2.75, 3.05) is 0 Å². The van der Waals surface area contributed by atoms with Crippen molar-refractivity contribution in [3.05, 3.63) is 112 Å². The average Bonchev–Trinajstić information content (AvgIpc) is 3.24. The molecule has 65 heavy (non-hydrogen) atoms. The molecule has 8 rings (SSSR count). The fourth-order valence-corrected chi connectivity index (χ4v) is 7.80. The van der Waals surface area contributed by atoms with Crippen molar-refractivity contribution < 1.29 is 105 Å². The number of benzene rings is 6. The Balaban J connectivity index is 1.31. The standard InChI is InChI=1S/C44H34O21/c45-18-10-22(48)33-31(11-18)63-41(14-1-2-20(46)21(47)3-14)42(65-44(61)17-8-28(54)39(59)29(55)9-17)35(33)34-23(49)13-30-19(36(34)56)12-32(40(62-30)15-4-24(50)37(57)25(51)5-15)64-43(60)16-6-26(52)38(58)27(53)7-16/h1-11,13,32,35,40-42,45-59H,12H2. The molecule has 0 aliphatic carbocycles. The third-order valence-electron chi connectivity index (χ3n) is 10.8. The number of fused-ring (bicyclic) bond motifs is 2. The first-order valence-corrected chi connectivity index (χ1v) is 18.9. The van der Waals surface area contributed by atoms with Crippen molar-refractivity contribution in [1.82, 2.24) is 0 Å². The van der Waals surface area contributed by atoms with E-state index < -0.39 is 152 Å². The zero-order valence-corrected chi connectivity index (χ0v) is 32.7. The Hall–Kier alpha value is -9.14. The van der Waals surface area contributed by atoms with E-state index in [9.17, 15) is 86.2 Å². The SMILES string of the molecule is O=C(OC1Cc2c(cc(O)c(C3c4c(O)cc(O)cc4OC(c4ccc(O)c(O)c4)C3OC(=O)c3cc(O)c(O)c(O)c3)c2O)OC1c1cc(O)c(O)c(O)c1)c1cc(O)c(O)c(O)c1. The van der Waals surface area contributed by atoms with Crippen LogP contribution in [-0.4, -0.2) is 101 Å². The average molecular weight is 899 g/mol. The van der Waals surface area contributed by atoms with Gasteiger partial charge >= 0.3 is 11.9 Å². The maximum Gasteiger partial charge on any atom is 0.338 e. The van der Waals surface area contributed by atoms with Crippen LogP contribution < -0.4 is 9.47 Å². The van der Waals surface area contributed by atoms with Gasteiger partial charge in [-0.25, -0.2) is 9.59 Å². The first-order chi connectivity index (χ1) is 30.7. The molecule has 0 amide bonds. The minimum atomic E-state index is -1.88. The van der Waals surface area contributed by atoms with E-state index in [4.69, 9.17) is 18.9 Å². The highest BCUT2D eigenvalue weighted by Gasteiger charge is 2.49. The maximum absolute atomic E-state index is 14.0. The number of rotatable bonds is 7. The molecule has 5 atom stereocenters. The molecule has 336 valence electrons. The molecule has 15 N–H and O–H groups in total. The predicted molar refractivity (Wildman–Crippen MR) is 214 cm³/mol. The fraction of sp³-hybridized carbons (Fsp3) is 0.136. The Kier molecular flexibility index (Phi) is 10.2. The second-order valence-electron chi connectivity index (χ2n) is 15.0. The Morgan fingerprint density at radius 2 is 0.938 bits per heavy atom. The van der Waals surface area contributed by atoms with Crippen LogP contribution in [0.15, 0.2) is 72.8 Å². The van der Waals surface area contributed by atoms with Crippen LogP contribution in [0.4, 0.5) is 0 Å². The predicted octanol–water partition coefficient (Wildman–Crippen LogP) is 4.66. The third kappa shape index (κ3) is 7.41. The van der Waals surface area contributed by atoms with E-state index in [1.807, 2.05) is 0 Å². The molecule has 0 fully saturated rings.